The maximum atomic E-state index is 13.4. The molecule has 2 atom stereocenters. The number of carbonyl (C=O) groups is 4. The average Bonchev–Trinajstić information content (AvgIpc) is 2.97. The van der Waals surface area contributed by atoms with Gasteiger partial charge in [0.05, 0.1) is 19.8 Å². The number of nitrogens with zero attached hydrogens (tertiary/aromatic N) is 1. The number of unbranched alkanes of at least 4 members (excludes halogenated alkanes) is 2. The van der Waals surface area contributed by atoms with Crippen molar-refractivity contribution in [2.45, 2.75) is 51.1 Å². The molecule has 214 valence electrons. The Hall–Kier alpha value is -4.59. The highest BCUT2D eigenvalue weighted by Gasteiger charge is 2.28. The van der Waals surface area contributed by atoms with Gasteiger partial charge in [-0.2, -0.15) is 5.26 Å². The molecule has 0 saturated carbocycles. The van der Waals surface area contributed by atoms with Crippen LogP contribution < -0.4 is 20.7 Å². The predicted octanol–water partition coefficient (Wildman–Crippen LogP) is 2.41. The van der Waals surface area contributed by atoms with Crippen molar-refractivity contribution in [3.8, 4) is 11.8 Å². The summed E-state index contributed by atoms with van der Waals surface area (Å²) in [6, 6.07) is 13.8. The molecular weight excluding hydrogens is 516 g/mol. The largest absolute Gasteiger partial charge is 0.481 e. The third kappa shape index (κ3) is 10.6. The van der Waals surface area contributed by atoms with Crippen molar-refractivity contribution >= 4 is 23.9 Å². The van der Waals surface area contributed by atoms with E-state index in [0.29, 0.717) is 12.1 Å². The number of methoxy groups -OCH3 is 2. The van der Waals surface area contributed by atoms with Gasteiger partial charge in [0.15, 0.2) is 6.61 Å². The maximum absolute atomic E-state index is 13.4. The van der Waals surface area contributed by atoms with Crippen molar-refractivity contribution in [2.75, 3.05) is 27.4 Å². The number of rotatable bonds is 15. The van der Waals surface area contributed by atoms with Crippen LogP contribution >= 0.6 is 0 Å². The van der Waals surface area contributed by atoms with Gasteiger partial charge in [-0.15, -0.1) is 0 Å². The van der Waals surface area contributed by atoms with E-state index >= 15 is 0 Å². The molecule has 0 fully saturated rings. The molecule has 1 unspecified atom stereocenters. The minimum absolute atomic E-state index is 0.0631. The van der Waals surface area contributed by atoms with Gasteiger partial charge in [-0.3, -0.25) is 9.59 Å². The van der Waals surface area contributed by atoms with Gasteiger partial charge in [-0.25, -0.2) is 9.59 Å². The van der Waals surface area contributed by atoms with E-state index in [-0.39, 0.29) is 30.8 Å². The molecule has 0 bridgehead atoms. The Morgan fingerprint density at radius 1 is 0.875 bits per heavy atom. The van der Waals surface area contributed by atoms with E-state index in [4.69, 9.17) is 9.47 Å². The molecule has 0 aliphatic carbocycles. The molecule has 0 saturated heterocycles. The summed E-state index contributed by atoms with van der Waals surface area (Å²) in [5.74, 6) is -1.38. The number of hydrogen-bond acceptors (Lipinski definition) is 8. The summed E-state index contributed by atoms with van der Waals surface area (Å²) in [6.07, 6.45) is 2.17. The number of benzene rings is 2. The maximum Gasteiger partial charge on any atom is 0.407 e. The Morgan fingerprint density at radius 2 is 1.57 bits per heavy atom. The van der Waals surface area contributed by atoms with E-state index in [0.717, 1.165) is 24.8 Å². The summed E-state index contributed by atoms with van der Waals surface area (Å²) >= 11 is 0. The van der Waals surface area contributed by atoms with Gasteiger partial charge < -0.3 is 30.2 Å². The van der Waals surface area contributed by atoms with E-state index in [1.807, 2.05) is 36.4 Å². The molecule has 2 aromatic carbocycles. The Kier molecular flexibility index (Phi) is 13.5. The third-order valence-corrected chi connectivity index (χ3v) is 5.97. The van der Waals surface area contributed by atoms with E-state index in [1.54, 1.807) is 6.07 Å². The van der Waals surface area contributed by atoms with Crippen LogP contribution in [0.2, 0.25) is 0 Å². The quantitative estimate of drug-likeness (QED) is 0.225. The fraction of sp³-hybridized carbons (Fsp3) is 0.414. The van der Waals surface area contributed by atoms with Crippen LogP contribution in [0, 0.1) is 11.3 Å². The lowest BCUT2D eigenvalue weighted by Crippen LogP contribution is -2.55. The molecule has 0 radical (unpaired) electrons. The fourth-order valence-corrected chi connectivity index (χ4v) is 3.80. The number of nitriles is 1. The van der Waals surface area contributed by atoms with Crippen LogP contribution in [-0.2, 0) is 36.7 Å². The molecule has 0 heterocycles. The lowest BCUT2D eigenvalue weighted by molar-refractivity contribution is -0.142. The van der Waals surface area contributed by atoms with Crippen LogP contribution in [0.25, 0.3) is 0 Å². The zero-order chi connectivity index (χ0) is 29.3. The number of nitrogens with one attached hydrogen (secondary N) is 3. The molecule has 2 aromatic rings. The van der Waals surface area contributed by atoms with Crippen molar-refractivity contribution in [3.05, 3.63) is 65.2 Å². The Balaban J connectivity index is 2.26. The van der Waals surface area contributed by atoms with Gasteiger partial charge in [-0.05, 0) is 29.7 Å². The number of ether oxygens (including phenoxy) is 3. The van der Waals surface area contributed by atoms with Crippen LogP contribution in [0.3, 0.4) is 0 Å². The summed E-state index contributed by atoms with van der Waals surface area (Å²) in [7, 11) is 2.43. The summed E-state index contributed by atoms with van der Waals surface area (Å²) in [4.78, 5) is 49.9. The fourth-order valence-electron chi connectivity index (χ4n) is 3.80. The normalized spacial score (nSPS) is 11.8. The first kappa shape index (κ1) is 31.6. The van der Waals surface area contributed by atoms with Crippen LogP contribution in [0.1, 0.15) is 42.9 Å². The van der Waals surface area contributed by atoms with Crippen LogP contribution in [0.5, 0.6) is 5.75 Å². The molecule has 3 N–H and O–H groups in total. The number of amides is 3. The SMILES string of the molecule is CCCCCNC(=O)[C@H](Cc1ccc(OCC(=O)OC)c(C#N)c1)NC(=O)C(Cc1ccccc1)NC(=O)OC. The molecular formula is C29H36N4O7. The van der Waals surface area contributed by atoms with E-state index in [1.165, 1.54) is 26.4 Å². The zero-order valence-electron chi connectivity index (χ0n) is 23.0. The lowest BCUT2D eigenvalue weighted by atomic mass is 10.0. The highest BCUT2D eigenvalue weighted by molar-refractivity contribution is 5.91. The minimum atomic E-state index is -1.01. The highest BCUT2D eigenvalue weighted by Crippen LogP contribution is 2.20. The van der Waals surface area contributed by atoms with Crippen molar-refractivity contribution in [1.29, 1.82) is 5.26 Å². The first-order valence-electron chi connectivity index (χ1n) is 13.0. The standard InChI is InChI=1S/C29H36N4O7/c1-4-5-9-14-31-27(35)23(17-21-12-13-25(22(15-21)18-30)40-19-26(34)38-2)32-28(36)24(33-29(37)39-3)16-20-10-7-6-8-11-20/h6-8,10-13,15,23-24H,4-5,9,14,16-17,19H2,1-3H3,(H,31,35)(H,32,36)(H,33,37)/t23-,24?/m0/s1. The van der Waals surface area contributed by atoms with Gasteiger partial charge >= 0.3 is 12.1 Å². The second-order valence-corrected chi connectivity index (χ2v) is 8.95. The highest BCUT2D eigenvalue weighted by atomic mass is 16.6. The van der Waals surface area contributed by atoms with E-state index in [2.05, 4.69) is 27.6 Å². The summed E-state index contributed by atoms with van der Waals surface area (Å²) in [6.45, 7) is 2.13. The first-order chi connectivity index (χ1) is 19.3. The van der Waals surface area contributed by atoms with Crippen molar-refractivity contribution in [2.24, 2.45) is 0 Å². The summed E-state index contributed by atoms with van der Waals surface area (Å²) < 4.78 is 14.6. The summed E-state index contributed by atoms with van der Waals surface area (Å²) in [5.41, 5.74) is 1.54. The van der Waals surface area contributed by atoms with E-state index in [9.17, 15) is 24.4 Å². The molecule has 0 aliphatic rings. The molecule has 0 spiro atoms. The Morgan fingerprint density at radius 3 is 2.23 bits per heavy atom. The smallest absolute Gasteiger partial charge is 0.407 e. The average molecular weight is 553 g/mol. The topological polar surface area (TPSA) is 156 Å². The lowest BCUT2D eigenvalue weighted by Gasteiger charge is -2.23. The molecule has 0 aliphatic heterocycles. The van der Waals surface area contributed by atoms with Crippen molar-refractivity contribution < 1.29 is 33.4 Å². The predicted molar refractivity (Wildman–Crippen MR) is 146 cm³/mol. The van der Waals surface area contributed by atoms with Gasteiger partial charge in [0.1, 0.15) is 23.9 Å². The number of esters is 1. The molecule has 2 rings (SSSR count). The van der Waals surface area contributed by atoms with Crippen LogP contribution in [0.4, 0.5) is 4.79 Å². The third-order valence-electron chi connectivity index (χ3n) is 5.97. The monoisotopic (exact) mass is 552 g/mol. The first-order valence-corrected chi connectivity index (χ1v) is 13.0. The second-order valence-electron chi connectivity index (χ2n) is 8.95. The molecule has 11 heteroatoms. The number of hydrogen-bond donors (Lipinski definition) is 3. The number of alkyl carbamates (subject to hydrolysis) is 1. The van der Waals surface area contributed by atoms with Gasteiger partial charge in [0, 0.05) is 19.4 Å². The Labute approximate surface area is 234 Å². The Bertz CT molecular complexity index is 1180. The molecule has 40 heavy (non-hydrogen) atoms. The zero-order valence-corrected chi connectivity index (χ0v) is 23.0. The molecule has 11 nitrogen and oxygen atoms in total. The van der Waals surface area contributed by atoms with Crippen molar-refractivity contribution in [3.63, 3.8) is 0 Å². The molecule has 0 aromatic heterocycles. The van der Waals surface area contributed by atoms with Crippen LogP contribution in [-0.4, -0.2) is 63.3 Å². The minimum Gasteiger partial charge on any atom is -0.481 e. The second kappa shape index (κ2) is 17.1. The van der Waals surface area contributed by atoms with Gasteiger partial charge in [0.2, 0.25) is 11.8 Å². The number of carbonyl (C=O) groups excluding carboxylic acids is 4. The van der Waals surface area contributed by atoms with Crippen molar-refractivity contribution in [1.82, 2.24) is 16.0 Å². The van der Waals surface area contributed by atoms with Gasteiger partial charge in [-0.1, -0.05) is 56.2 Å². The van der Waals surface area contributed by atoms with E-state index < -0.39 is 36.0 Å². The van der Waals surface area contributed by atoms with Gasteiger partial charge in [0.25, 0.3) is 0 Å². The summed E-state index contributed by atoms with van der Waals surface area (Å²) in [5, 5.41) is 17.7. The molecule has 3 amide bonds. The van der Waals surface area contributed by atoms with Crippen LogP contribution in [0.15, 0.2) is 48.5 Å².